The molecule has 2 amide bonds. The Labute approximate surface area is 213 Å². The van der Waals surface area contributed by atoms with Crippen LogP contribution in [0.15, 0.2) is 71.9 Å². The highest BCUT2D eigenvalue weighted by Crippen LogP contribution is 2.24. The summed E-state index contributed by atoms with van der Waals surface area (Å²) in [7, 11) is 0. The first-order valence-electron chi connectivity index (χ1n) is 11.5. The van der Waals surface area contributed by atoms with Crippen LogP contribution in [0.3, 0.4) is 0 Å². The quantitative estimate of drug-likeness (QED) is 0.428. The average molecular weight is 508 g/mol. The summed E-state index contributed by atoms with van der Waals surface area (Å²) in [5, 5.41) is 15.8. The molecule has 0 aliphatic carbocycles. The van der Waals surface area contributed by atoms with Crippen molar-refractivity contribution >= 4 is 35.1 Å². The maximum Gasteiger partial charge on any atom is 0.254 e. The molecule has 0 fully saturated rings. The SMILES string of the molecule is CCC(=O)NC1CN=C(Nc2ccc(Oc3ccnc(CO)c3)cc2)N(Cc2ccc(Cl)cc2)C1=O. The number of aromatic nitrogens is 1. The monoisotopic (exact) mass is 507 g/mol. The van der Waals surface area contributed by atoms with Gasteiger partial charge in [-0.25, -0.2) is 4.99 Å². The van der Waals surface area contributed by atoms with Crippen molar-refractivity contribution in [3.8, 4) is 11.5 Å². The normalized spacial score (nSPS) is 15.3. The molecule has 10 heteroatoms. The minimum Gasteiger partial charge on any atom is -0.457 e. The topological polar surface area (TPSA) is 116 Å². The molecule has 3 aromatic rings. The number of carbonyl (C=O) groups is 2. The number of ether oxygens (including phenoxy) is 1. The van der Waals surface area contributed by atoms with E-state index in [0.717, 1.165) is 5.56 Å². The third kappa shape index (κ3) is 6.38. The minimum absolute atomic E-state index is 0.139. The van der Waals surface area contributed by atoms with Gasteiger partial charge in [-0.15, -0.1) is 0 Å². The Morgan fingerprint density at radius 2 is 1.89 bits per heavy atom. The van der Waals surface area contributed by atoms with Gasteiger partial charge in [0.05, 0.1) is 25.4 Å². The molecule has 1 unspecified atom stereocenters. The van der Waals surface area contributed by atoms with Crippen LogP contribution >= 0.6 is 11.6 Å². The van der Waals surface area contributed by atoms with Gasteiger partial charge in [0.1, 0.15) is 17.5 Å². The molecule has 0 bridgehead atoms. The van der Waals surface area contributed by atoms with E-state index in [1.807, 2.05) is 24.3 Å². The summed E-state index contributed by atoms with van der Waals surface area (Å²) in [5.74, 6) is 1.08. The molecule has 1 atom stereocenters. The van der Waals surface area contributed by atoms with Crippen LogP contribution in [-0.2, 0) is 22.7 Å². The molecule has 36 heavy (non-hydrogen) atoms. The molecule has 4 rings (SSSR count). The number of hydrogen-bond donors (Lipinski definition) is 3. The van der Waals surface area contributed by atoms with Crippen LogP contribution in [0.2, 0.25) is 5.02 Å². The van der Waals surface area contributed by atoms with Crippen LogP contribution in [0.4, 0.5) is 5.69 Å². The van der Waals surface area contributed by atoms with Gasteiger partial charge in [0.2, 0.25) is 11.9 Å². The second-order valence-corrected chi connectivity index (χ2v) is 8.52. The van der Waals surface area contributed by atoms with Crippen molar-refractivity contribution in [1.29, 1.82) is 0 Å². The fraction of sp³-hybridized carbons (Fsp3) is 0.231. The molecule has 1 aromatic heterocycles. The van der Waals surface area contributed by atoms with Gasteiger partial charge in [-0.3, -0.25) is 19.5 Å². The van der Waals surface area contributed by atoms with Crippen molar-refractivity contribution in [2.45, 2.75) is 32.5 Å². The Bertz CT molecular complexity index is 1250. The van der Waals surface area contributed by atoms with Gasteiger partial charge in [0.15, 0.2) is 0 Å². The van der Waals surface area contributed by atoms with E-state index >= 15 is 0 Å². The second kappa shape index (κ2) is 11.7. The standard InChI is InChI=1S/C26H26ClN5O4/c1-2-24(34)31-23-14-29-26(32(25(23)35)15-17-3-5-18(27)6-4-17)30-19-7-9-21(10-8-19)36-22-11-12-28-20(13-22)16-33/h3-13,23,33H,2,14-16H2,1H3,(H,29,30)(H,31,34). The summed E-state index contributed by atoms with van der Waals surface area (Å²) in [4.78, 5) is 35.3. The third-order valence-electron chi connectivity index (χ3n) is 5.45. The number of nitrogens with zero attached hydrogens (tertiary/aromatic N) is 3. The highest BCUT2D eigenvalue weighted by atomic mass is 35.5. The number of aliphatic imine (C=N–C) groups is 1. The van der Waals surface area contributed by atoms with Gasteiger partial charge in [0, 0.05) is 29.4 Å². The van der Waals surface area contributed by atoms with Crippen molar-refractivity contribution < 1.29 is 19.4 Å². The number of halogens is 1. The number of hydrogen-bond acceptors (Lipinski definition) is 7. The number of rotatable bonds is 8. The van der Waals surface area contributed by atoms with Gasteiger partial charge in [-0.2, -0.15) is 0 Å². The van der Waals surface area contributed by atoms with Crippen LogP contribution in [0, 0.1) is 0 Å². The number of amides is 2. The highest BCUT2D eigenvalue weighted by Gasteiger charge is 2.33. The lowest BCUT2D eigenvalue weighted by molar-refractivity contribution is -0.133. The van der Waals surface area contributed by atoms with Crippen molar-refractivity contribution in [1.82, 2.24) is 15.2 Å². The van der Waals surface area contributed by atoms with E-state index in [9.17, 15) is 14.7 Å². The molecule has 186 valence electrons. The Kier molecular flexibility index (Phi) is 8.14. The van der Waals surface area contributed by atoms with E-state index in [0.29, 0.717) is 33.9 Å². The van der Waals surface area contributed by atoms with E-state index in [4.69, 9.17) is 16.3 Å². The molecule has 1 aliphatic heterocycles. The summed E-state index contributed by atoms with van der Waals surface area (Å²) in [5.41, 5.74) is 2.09. The summed E-state index contributed by atoms with van der Waals surface area (Å²) in [6.45, 7) is 1.96. The van der Waals surface area contributed by atoms with E-state index in [1.54, 1.807) is 49.5 Å². The molecule has 0 radical (unpaired) electrons. The van der Waals surface area contributed by atoms with Gasteiger partial charge in [-0.05, 0) is 48.0 Å². The molecule has 2 heterocycles. The molecule has 1 aliphatic rings. The Morgan fingerprint density at radius 1 is 1.14 bits per heavy atom. The van der Waals surface area contributed by atoms with Crippen LogP contribution < -0.4 is 15.4 Å². The van der Waals surface area contributed by atoms with Gasteiger partial charge < -0.3 is 20.5 Å². The number of pyridine rings is 1. The molecule has 3 N–H and O–H groups in total. The molecule has 9 nitrogen and oxygen atoms in total. The first-order valence-corrected chi connectivity index (χ1v) is 11.8. The maximum absolute atomic E-state index is 13.3. The first-order chi connectivity index (χ1) is 17.4. The third-order valence-corrected chi connectivity index (χ3v) is 5.70. The average Bonchev–Trinajstić information content (AvgIpc) is 2.90. The summed E-state index contributed by atoms with van der Waals surface area (Å²) in [6, 6.07) is 17.0. The smallest absolute Gasteiger partial charge is 0.254 e. The van der Waals surface area contributed by atoms with Crippen molar-refractivity contribution in [2.24, 2.45) is 4.99 Å². The number of guanidine groups is 1. The number of nitrogens with one attached hydrogen (secondary N) is 2. The van der Waals surface area contributed by atoms with Crippen molar-refractivity contribution in [3.05, 3.63) is 83.1 Å². The van der Waals surface area contributed by atoms with Crippen molar-refractivity contribution in [3.63, 3.8) is 0 Å². The summed E-state index contributed by atoms with van der Waals surface area (Å²) < 4.78 is 5.83. The fourth-order valence-corrected chi connectivity index (χ4v) is 3.67. The van der Waals surface area contributed by atoms with E-state index in [2.05, 4.69) is 20.6 Å². The lowest BCUT2D eigenvalue weighted by Gasteiger charge is -2.32. The number of aliphatic hydroxyl groups excluding tert-OH is 1. The lowest BCUT2D eigenvalue weighted by atomic mass is 10.1. The maximum atomic E-state index is 13.3. The van der Waals surface area contributed by atoms with Crippen LogP contribution in [0.5, 0.6) is 11.5 Å². The highest BCUT2D eigenvalue weighted by molar-refractivity contribution is 6.30. The second-order valence-electron chi connectivity index (χ2n) is 8.08. The minimum atomic E-state index is -0.727. The Morgan fingerprint density at radius 3 is 2.58 bits per heavy atom. The largest absolute Gasteiger partial charge is 0.457 e. The summed E-state index contributed by atoms with van der Waals surface area (Å²) >= 11 is 6.01. The zero-order chi connectivity index (χ0) is 25.5. The zero-order valence-corrected chi connectivity index (χ0v) is 20.4. The Hall–Kier alpha value is -3.95. The van der Waals surface area contributed by atoms with Gasteiger partial charge >= 0.3 is 0 Å². The Balaban J connectivity index is 1.50. The van der Waals surface area contributed by atoms with Gasteiger partial charge in [0.25, 0.3) is 5.91 Å². The fourth-order valence-electron chi connectivity index (χ4n) is 3.55. The van der Waals surface area contributed by atoms with E-state index < -0.39 is 6.04 Å². The number of benzene rings is 2. The molecular weight excluding hydrogens is 482 g/mol. The molecule has 2 aromatic carbocycles. The number of aliphatic hydroxyl groups is 1. The van der Waals surface area contributed by atoms with E-state index in [-0.39, 0.29) is 37.9 Å². The number of carbonyl (C=O) groups excluding carboxylic acids is 2. The van der Waals surface area contributed by atoms with Crippen molar-refractivity contribution in [2.75, 3.05) is 11.9 Å². The van der Waals surface area contributed by atoms with Crippen LogP contribution in [-0.4, -0.2) is 45.4 Å². The lowest BCUT2D eigenvalue weighted by Crippen LogP contribution is -2.56. The van der Waals surface area contributed by atoms with Gasteiger partial charge in [-0.1, -0.05) is 30.7 Å². The molecular formula is C26H26ClN5O4. The summed E-state index contributed by atoms with van der Waals surface area (Å²) in [6.07, 6.45) is 1.85. The molecule has 0 spiro atoms. The van der Waals surface area contributed by atoms with Crippen LogP contribution in [0.25, 0.3) is 0 Å². The molecule has 0 saturated carbocycles. The van der Waals surface area contributed by atoms with Crippen LogP contribution in [0.1, 0.15) is 24.6 Å². The number of anilines is 1. The first kappa shape index (κ1) is 25.2. The zero-order valence-electron chi connectivity index (χ0n) is 19.6. The predicted octanol–water partition coefficient (Wildman–Crippen LogP) is 3.72. The predicted molar refractivity (Wildman–Crippen MR) is 137 cm³/mol. The molecule has 0 saturated heterocycles. The van der Waals surface area contributed by atoms with E-state index in [1.165, 1.54) is 4.90 Å².